The third-order valence-electron chi connectivity index (χ3n) is 3.84. The topological polar surface area (TPSA) is 85.4 Å². The second kappa shape index (κ2) is 9.10. The van der Waals surface area contributed by atoms with Gasteiger partial charge in [0.1, 0.15) is 5.82 Å². The Balaban J connectivity index is 1.30. The molecule has 0 aliphatic carbocycles. The second-order valence-corrected chi connectivity index (χ2v) is 8.26. The fourth-order valence-corrected chi connectivity index (χ4v) is 4.15. The van der Waals surface area contributed by atoms with E-state index in [9.17, 15) is 9.18 Å². The number of carbonyl (C=O) groups excluding carboxylic acids is 1. The van der Waals surface area contributed by atoms with Crippen LogP contribution in [0.3, 0.4) is 0 Å². The minimum Gasteiger partial charge on any atom is -0.490 e. The van der Waals surface area contributed by atoms with Crippen molar-refractivity contribution in [2.45, 2.75) is 10.8 Å². The number of hydrogen-bond donors (Lipinski definition) is 2. The SMILES string of the molecule is O=C(CSc1nnc(Nc2cccc(F)c2)s1)Nc1ccc2c(c1)OCCCO2. The monoisotopic (exact) mass is 432 g/mol. The molecule has 29 heavy (non-hydrogen) atoms. The predicted molar refractivity (Wildman–Crippen MR) is 111 cm³/mol. The molecule has 0 unspecified atom stereocenters. The molecule has 1 aliphatic rings. The van der Waals surface area contributed by atoms with Gasteiger partial charge < -0.3 is 20.1 Å². The van der Waals surface area contributed by atoms with E-state index in [2.05, 4.69) is 20.8 Å². The summed E-state index contributed by atoms with van der Waals surface area (Å²) in [5, 5.41) is 14.4. The van der Waals surface area contributed by atoms with E-state index < -0.39 is 0 Å². The summed E-state index contributed by atoms with van der Waals surface area (Å²) in [6, 6.07) is 11.4. The number of halogens is 1. The van der Waals surface area contributed by atoms with E-state index in [1.54, 1.807) is 30.3 Å². The first kappa shape index (κ1) is 19.5. The van der Waals surface area contributed by atoms with Crippen molar-refractivity contribution in [1.29, 1.82) is 0 Å². The lowest BCUT2D eigenvalue weighted by Gasteiger charge is -2.10. The Morgan fingerprint density at radius 1 is 1.10 bits per heavy atom. The Kier molecular flexibility index (Phi) is 6.11. The van der Waals surface area contributed by atoms with Crippen molar-refractivity contribution in [3.8, 4) is 11.5 Å². The smallest absolute Gasteiger partial charge is 0.234 e. The van der Waals surface area contributed by atoms with Crippen LogP contribution in [-0.2, 0) is 4.79 Å². The normalized spacial score (nSPS) is 12.9. The minimum absolute atomic E-state index is 0.167. The summed E-state index contributed by atoms with van der Waals surface area (Å²) >= 11 is 2.57. The molecule has 0 atom stereocenters. The Morgan fingerprint density at radius 3 is 2.83 bits per heavy atom. The van der Waals surface area contributed by atoms with E-state index in [0.29, 0.717) is 45.6 Å². The third-order valence-corrected chi connectivity index (χ3v) is 5.81. The zero-order valence-corrected chi connectivity index (χ0v) is 16.8. The number of benzene rings is 2. The van der Waals surface area contributed by atoms with Crippen LogP contribution in [-0.4, -0.2) is 35.1 Å². The van der Waals surface area contributed by atoms with E-state index in [1.165, 1.54) is 35.2 Å². The van der Waals surface area contributed by atoms with Crippen LogP contribution >= 0.6 is 23.1 Å². The highest BCUT2D eigenvalue weighted by atomic mass is 32.2. The van der Waals surface area contributed by atoms with E-state index in [0.717, 1.165) is 6.42 Å². The Bertz CT molecular complexity index is 1010. The van der Waals surface area contributed by atoms with Crippen LogP contribution in [0.4, 0.5) is 20.9 Å². The molecular weight excluding hydrogens is 415 g/mol. The summed E-state index contributed by atoms with van der Waals surface area (Å²) in [7, 11) is 0. The van der Waals surface area contributed by atoms with E-state index >= 15 is 0 Å². The van der Waals surface area contributed by atoms with Crippen molar-refractivity contribution >= 4 is 45.5 Å². The van der Waals surface area contributed by atoms with Crippen LogP contribution in [0, 0.1) is 5.82 Å². The summed E-state index contributed by atoms with van der Waals surface area (Å²) in [6.07, 6.45) is 0.824. The number of nitrogens with one attached hydrogen (secondary N) is 2. The lowest BCUT2D eigenvalue weighted by atomic mass is 10.2. The molecule has 0 saturated carbocycles. The van der Waals surface area contributed by atoms with Gasteiger partial charge in [0.05, 0.1) is 19.0 Å². The summed E-state index contributed by atoms with van der Waals surface area (Å²) in [5.74, 6) is 0.996. The molecule has 1 aromatic heterocycles. The number of rotatable bonds is 6. The zero-order valence-electron chi connectivity index (χ0n) is 15.2. The first-order chi connectivity index (χ1) is 14.2. The molecule has 0 spiro atoms. The van der Waals surface area contributed by atoms with Gasteiger partial charge in [-0.25, -0.2) is 4.39 Å². The van der Waals surface area contributed by atoms with Crippen LogP contribution in [0.1, 0.15) is 6.42 Å². The lowest BCUT2D eigenvalue weighted by Crippen LogP contribution is -2.14. The van der Waals surface area contributed by atoms with Gasteiger partial charge in [-0.05, 0) is 30.3 Å². The van der Waals surface area contributed by atoms with Crippen LogP contribution in [0.15, 0.2) is 46.8 Å². The summed E-state index contributed by atoms with van der Waals surface area (Å²) in [4.78, 5) is 12.3. The van der Waals surface area contributed by atoms with Gasteiger partial charge in [-0.2, -0.15) is 0 Å². The van der Waals surface area contributed by atoms with Gasteiger partial charge in [0.25, 0.3) is 0 Å². The number of hydrogen-bond acceptors (Lipinski definition) is 8. The van der Waals surface area contributed by atoms with Crippen molar-refractivity contribution in [3.63, 3.8) is 0 Å². The number of anilines is 3. The fourth-order valence-electron chi connectivity index (χ4n) is 2.57. The molecular formula is C19H17FN4O3S2. The Labute approximate surface area is 174 Å². The van der Waals surface area contributed by atoms with Crippen molar-refractivity contribution in [3.05, 3.63) is 48.3 Å². The van der Waals surface area contributed by atoms with Gasteiger partial charge >= 0.3 is 0 Å². The number of nitrogens with zero attached hydrogens (tertiary/aromatic N) is 2. The van der Waals surface area contributed by atoms with Crippen molar-refractivity contribution < 1.29 is 18.7 Å². The Hall–Kier alpha value is -2.85. The van der Waals surface area contributed by atoms with Crippen LogP contribution in [0.2, 0.25) is 0 Å². The molecule has 0 radical (unpaired) electrons. The highest BCUT2D eigenvalue weighted by Gasteiger charge is 2.13. The largest absolute Gasteiger partial charge is 0.490 e. The average Bonchev–Trinajstić information content (AvgIpc) is 3.01. The van der Waals surface area contributed by atoms with E-state index in [-0.39, 0.29) is 17.5 Å². The molecule has 4 rings (SSSR count). The standard InChI is InChI=1S/C19H17FN4O3S2/c20-12-3-1-4-13(9-12)22-18-23-24-19(29-18)28-11-17(25)21-14-5-6-15-16(10-14)27-8-2-7-26-15/h1,3-6,9-10H,2,7-8,11H2,(H,21,25)(H,22,23). The molecule has 150 valence electrons. The van der Waals surface area contributed by atoms with E-state index in [1.807, 2.05) is 0 Å². The average molecular weight is 433 g/mol. The van der Waals surface area contributed by atoms with Gasteiger partial charge in [-0.3, -0.25) is 4.79 Å². The molecule has 0 fully saturated rings. The van der Waals surface area contributed by atoms with Gasteiger partial charge in [0.15, 0.2) is 15.8 Å². The summed E-state index contributed by atoms with van der Waals surface area (Å²) in [6.45, 7) is 1.20. The number of fused-ring (bicyclic) bond motifs is 1. The van der Waals surface area contributed by atoms with Crippen molar-refractivity contribution in [2.75, 3.05) is 29.6 Å². The lowest BCUT2D eigenvalue weighted by molar-refractivity contribution is -0.113. The third kappa shape index (κ3) is 5.36. The molecule has 0 bridgehead atoms. The first-order valence-corrected chi connectivity index (χ1v) is 10.6. The van der Waals surface area contributed by atoms with Gasteiger partial charge in [0.2, 0.25) is 11.0 Å². The van der Waals surface area contributed by atoms with Crippen LogP contribution < -0.4 is 20.1 Å². The summed E-state index contributed by atoms with van der Waals surface area (Å²) < 4.78 is 25.1. The predicted octanol–water partition coefficient (Wildman–Crippen LogP) is 4.31. The molecule has 1 amide bonds. The van der Waals surface area contributed by atoms with Crippen LogP contribution in [0.25, 0.3) is 0 Å². The number of aromatic nitrogens is 2. The first-order valence-electron chi connectivity index (χ1n) is 8.84. The molecule has 0 saturated heterocycles. The molecule has 3 aromatic rings. The van der Waals surface area contributed by atoms with Crippen molar-refractivity contribution in [2.24, 2.45) is 0 Å². The quantitative estimate of drug-likeness (QED) is 0.561. The van der Waals surface area contributed by atoms with E-state index in [4.69, 9.17) is 9.47 Å². The molecule has 2 aromatic carbocycles. The number of thioether (sulfide) groups is 1. The number of carbonyl (C=O) groups is 1. The second-order valence-electron chi connectivity index (χ2n) is 6.06. The van der Waals surface area contributed by atoms with Gasteiger partial charge in [-0.1, -0.05) is 29.2 Å². The molecule has 7 nitrogen and oxygen atoms in total. The Morgan fingerprint density at radius 2 is 1.97 bits per heavy atom. The number of ether oxygens (including phenoxy) is 2. The van der Waals surface area contributed by atoms with Gasteiger partial charge in [0, 0.05) is 23.9 Å². The summed E-state index contributed by atoms with van der Waals surface area (Å²) in [5.41, 5.74) is 1.23. The molecule has 2 heterocycles. The maximum atomic E-state index is 13.2. The molecule has 10 heteroatoms. The highest BCUT2D eigenvalue weighted by molar-refractivity contribution is 8.01. The van der Waals surface area contributed by atoms with Gasteiger partial charge in [-0.15, -0.1) is 10.2 Å². The van der Waals surface area contributed by atoms with Crippen molar-refractivity contribution in [1.82, 2.24) is 10.2 Å². The number of amides is 1. The highest BCUT2D eigenvalue weighted by Crippen LogP contribution is 2.32. The van der Waals surface area contributed by atoms with Crippen LogP contribution in [0.5, 0.6) is 11.5 Å². The molecule has 1 aliphatic heterocycles. The fraction of sp³-hybridized carbons (Fsp3) is 0.211. The maximum absolute atomic E-state index is 13.2. The zero-order chi connectivity index (χ0) is 20.1. The maximum Gasteiger partial charge on any atom is 0.234 e. The molecule has 2 N–H and O–H groups in total. The minimum atomic E-state index is -0.333.